The van der Waals surface area contributed by atoms with E-state index >= 15 is 0 Å². The Bertz CT molecular complexity index is 1110. The summed E-state index contributed by atoms with van der Waals surface area (Å²) in [6.45, 7) is 4.09. The normalized spacial score (nSPS) is 10.6. The summed E-state index contributed by atoms with van der Waals surface area (Å²) >= 11 is 0. The van der Waals surface area contributed by atoms with Gasteiger partial charge >= 0.3 is 5.97 Å². The van der Waals surface area contributed by atoms with E-state index in [0.29, 0.717) is 29.4 Å². The Morgan fingerprint density at radius 2 is 1.77 bits per heavy atom. The highest BCUT2D eigenvalue weighted by atomic mass is 16.6. The van der Waals surface area contributed by atoms with Crippen molar-refractivity contribution in [2.24, 2.45) is 5.10 Å². The van der Waals surface area contributed by atoms with Gasteiger partial charge in [0, 0.05) is 0 Å². The molecule has 7 heteroatoms. The van der Waals surface area contributed by atoms with Crippen molar-refractivity contribution in [3.05, 3.63) is 89.0 Å². The summed E-state index contributed by atoms with van der Waals surface area (Å²) < 4.78 is 11.2. The molecule has 0 heterocycles. The van der Waals surface area contributed by atoms with Gasteiger partial charge in [0.15, 0.2) is 11.5 Å². The summed E-state index contributed by atoms with van der Waals surface area (Å²) in [6, 6.07) is 18.3. The van der Waals surface area contributed by atoms with Crippen molar-refractivity contribution < 1.29 is 24.2 Å². The number of hydrogen-bond donors (Lipinski definition) is 1. The van der Waals surface area contributed by atoms with Crippen LogP contribution in [0.1, 0.15) is 38.8 Å². The molecule has 0 amide bonds. The first kappa shape index (κ1) is 21.6. The minimum absolute atomic E-state index is 0.0896. The highest BCUT2D eigenvalue weighted by Crippen LogP contribution is 2.29. The number of benzene rings is 3. The Morgan fingerprint density at radius 3 is 2.45 bits per heavy atom. The number of carbonyl (C=O) groups is 2. The molecule has 0 atom stereocenters. The average Bonchev–Trinajstić information content (AvgIpc) is 2.76. The highest BCUT2D eigenvalue weighted by Gasteiger charge is 2.14. The maximum atomic E-state index is 12.5. The smallest absolute Gasteiger partial charge is 0.343 e. The minimum atomic E-state index is -1.23. The van der Waals surface area contributed by atoms with Crippen molar-refractivity contribution in [2.75, 3.05) is 12.0 Å². The zero-order chi connectivity index (χ0) is 22.2. The van der Waals surface area contributed by atoms with Gasteiger partial charge in [0.1, 0.15) is 0 Å². The highest BCUT2D eigenvalue weighted by molar-refractivity contribution is 5.93. The third-order valence-electron chi connectivity index (χ3n) is 4.36. The Labute approximate surface area is 179 Å². The summed E-state index contributed by atoms with van der Waals surface area (Å²) in [5, 5.41) is 14.9. The number of aromatic carboxylic acids is 1. The van der Waals surface area contributed by atoms with Crippen LogP contribution in [0.2, 0.25) is 0 Å². The topological polar surface area (TPSA) is 100 Å². The van der Waals surface area contributed by atoms with Gasteiger partial charge in [-0.15, -0.1) is 0 Å². The summed E-state index contributed by atoms with van der Waals surface area (Å²) in [7, 11) is 0. The van der Waals surface area contributed by atoms with Crippen molar-refractivity contribution >= 4 is 23.8 Å². The molecule has 0 aliphatic carbocycles. The number of nitrogens with one attached hydrogen (secondary N) is 1. The molecule has 3 aromatic rings. The van der Waals surface area contributed by atoms with Gasteiger partial charge in [0.2, 0.25) is 0 Å². The van der Waals surface area contributed by atoms with E-state index in [1.165, 1.54) is 12.1 Å². The SMILES string of the molecule is CCOc1cc(/C=N\Nc2ccc(C(=O)[O-])cc2)ccc1OC(=O)c1ccccc1C. The van der Waals surface area contributed by atoms with Gasteiger partial charge in [-0.2, -0.15) is 5.10 Å². The fraction of sp³-hybridized carbons (Fsp3) is 0.125. The lowest BCUT2D eigenvalue weighted by molar-refractivity contribution is -0.255. The average molecular weight is 417 g/mol. The molecule has 158 valence electrons. The number of aryl methyl sites for hydroxylation is 1. The molecule has 0 saturated carbocycles. The first-order valence-corrected chi connectivity index (χ1v) is 9.63. The van der Waals surface area contributed by atoms with E-state index in [4.69, 9.17) is 9.47 Å². The van der Waals surface area contributed by atoms with Gasteiger partial charge in [-0.1, -0.05) is 30.3 Å². The lowest BCUT2D eigenvalue weighted by Crippen LogP contribution is -2.21. The molecular formula is C24H21N2O5-. The van der Waals surface area contributed by atoms with Gasteiger partial charge in [-0.25, -0.2) is 4.79 Å². The molecule has 0 saturated heterocycles. The molecule has 3 rings (SSSR count). The minimum Gasteiger partial charge on any atom is -0.545 e. The maximum Gasteiger partial charge on any atom is 0.343 e. The van der Waals surface area contributed by atoms with E-state index in [2.05, 4.69) is 10.5 Å². The van der Waals surface area contributed by atoms with E-state index in [0.717, 1.165) is 11.1 Å². The van der Waals surface area contributed by atoms with Crippen LogP contribution < -0.4 is 20.0 Å². The maximum absolute atomic E-state index is 12.5. The molecule has 0 unspecified atom stereocenters. The molecule has 7 nitrogen and oxygen atoms in total. The summed E-state index contributed by atoms with van der Waals surface area (Å²) in [6.07, 6.45) is 1.57. The Kier molecular flexibility index (Phi) is 7.01. The van der Waals surface area contributed by atoms with Crippen LogP contribution in [0.25, 0.3) is 0 Å². The van der Waals surface area contributed by atoms with Crippen molar-refractivity contribution in [3.8, 4) is 11.5 Å². The van der Waals surface area contributed by atoms with Crippen molar-refractivity contribution in [1.82, 2.24) is 0 Å². The second-order valence-electron chi connectivity index (χ2n) is 6.58. The van der Waals surface area contributed by atoms with Crippen molar-refractivity contribution in [2.45, 2.75) is 13.8 Å². The van der Waals surface area contributed by atoms with Crippen molar-refractivity contribution in [3.63, 3.8) is 0 Å². The second-order valence-corrected chi connectivity index (χ2v) is 6.58. The fourth-order valence-electron chi connectivity index (χ4n) is 2.78. The molecule has 31 heavy (non-hydrogen) atoms. The number of anilines is 1. The number of esters is 1. The molecule has 0 spiro atoms. The second kappa shape index (κ2) is 10.1. The predicted molar refractivity (Wildman–Crippen MR) is 116 cm³/mol. The fourth-order valence-corrected chi connectivity index (χ4v) is 2.78. The van der Waals surface area contributed by atoms with Crippen LogP contribution in [0, 0.1) is 6.92 Å². The molecule has 0 aromatic heterocycles. The van der Waals surface area contributed by atoms with Crippen LogP contribution in [0.5, 0.6) is 11.5 Å². The summed E-state index contributed by atoms with van der Waals surface area (Å²) in [5.41, 5.74) is 5.56. The number of rotatable bonds is 8. The molecule has 1 N–H and O–H groups in total. The lowest BCUT2D eigenvalue weighted by Gasteiger charge is -2.12. The molecule has 0 bridgehead atoms. The van der Waals surface area contributed by atoms with E-state index in [-0.39, 0.29) is 5.56 Å². The summed E-state index contributed by atoms with van der Waals surface area (Å²) in [5.74, 6) is -0.950. The van der Waals surface area contributed by atoms with E-state index in [1.54, 1.807) is 48.7 Å². The first-order valence-electron chi connectivity index (χ1n) is 9.63. The number of hydrazone groups is 1. The van der Waals surface area contributed by atoms with E-state index in [1.807, 2.05) is 26.0 Å². The van der Waals surface area contributed by atoms with E-state index in [9.17, 15) is 14.7 Å². The van der Waals surface area contributed by atoms with Crippen molar-refractivity contribution in [1.29, 1.82) is 0 Å². The predicted octanol–water partition coefficient (Wildman–Crippen LogP) is 3.42. The molecule has 0 radical (unpaired) electrons. The molecule has 0 aliphatic rings. The van der Waals surface area contributed by atoms with Crippen LogP contribution in [0.3, 0.4) is 0 Å². The number of ether oxygens (including phenoxy) is 2. The van der Waals surface area contributed by atoms with Gasteiger partial charge < -0.3 is 19.4 Å². The summed E-state index contributed by atoms with van der Waals surface area (Å²) in [4.78, 5) is 23.3. The Morgan fingerprint density at radius 1 is 1.03 bits per heavy atom. The number of carboxylic acid groups (broad SMARTS) is 1. The van der Waals surface area contributed by atoms with Gasteiger partial charge in [-0.3, -0.25) is 5.43 Å². The third kappa shape index (κ3) is 5.70. The lowest BCUT2D eigenvalue weighted by atomic mass is 10.1. The number of carboxylic acids is 1. The third-order valence-corrected chi connectivity index (χ3v) is 4.36. The standard InChI is InChI=1S/C24H22N2O5/c1-3-30-22-14-17(15-25-26-19-11-9-18(10-12-19)23(27)28)8-13-21(22)31-24(29)20-7-5-4-6-16(20)2/h4-15,26H,3H2,1-2H3,(H,27,28)/p-1/b25-15-. The largest absolute Gasteiger partial charge is 0.545 e. The van der Waals surface area contributed by atoms with Gasteiger partial charge in [0.05, 0.1) is 30.0 Å². The molecule has 3 aromatic carbocycles. The van der Waals surface area contributed by atoms with Crippen LogP contribution >= 0.6 is 0 Å². The van der Waals surface area contributed by atoms with Crippen LogP contribution in [-0.4, -0.2) is 24.8 Å². The zero-order valence-electron chi connectivity index (χ0n) is 17.1. The molecule has 0 aliphatic heterocycles. The van der Waals surface area contributed by atoms with Gasteiger partial charge in [0.25, 0.3) is 0 Å². The quantitative estimate of drug-likeness (QED) is 0.261. The molecule has 0 fully saturated rings. The number of hydrogen-bond acceptors (Lipinski definition) is 7. The number of nitrogens with zero attached hydrogens (tertiary/aromatic N) is 1. The zero-order valence-corrected chi connectivity index (χ0v) is 17.1. The van der Waals surface area contributed by atoms with E-state index < -0.39 is 11.9 Å². The molecular weight excluding hydrogens is 396 g/mol. The van der Waals surface area contributed by atoms with Crippen LogP contribution in [0.15, 0.2) is 71.8 Å². The number of carbonyl (C=O) groups excluding carboxylic acids is 2. The van der Waals surface area contributed by atoms with Crippen LogP contribution in [-0.2, 0) is 0 Å². The first-order chi connectivity index (χ1) is 15.0. The Hall–Kier alpha value is -4.13. The van der Waals surface area contributed by atoms with Crippen LogP contribution in [0.4, 0.5) is 5.69 Å². The Balaban J connectivity index is 1.72. The van der Waals surface area contributed by atoms with Gasteiger partial charge in [-0.05, 0) is 66.9 Å². The monoisotopic (exact) mass is 417 g/mol.